The van der Waals surface area contributed by atoms with Crippen LogP contribution < -0.4 is 21.7 Å². The average Bonchev–Trinajstić information content (AvgIpc) is 2.61. The third kappa shape index (κ3) is 8.33. The maximum absolute atomic E-state index is 12.6. The zero-order chi connectivity index (χ0) is 22.0. The predicted molar refractivity (Wildman–Crippen MR) is 99.0 cm³/mol. The lowest BCUT2D eigenvalue weighted by molar-refractivity contribution is -0.144. The van der Waals surface area contributed by atoms with Crippen molar-refractivity contribution in [1.29, 1.82) is 0 Å². The number of carboxylic acids is 2. The zero-order valence-electron chi connectivity index (χ0n) is 16.5. The predicted octanol–water partition coefficient (Wildman–Crippen LogP) is -1.34. The minimum absolute atomic E-state index is 0.374. The molecule has 7 N–H and O–H groups in total. The van der Waals surface area contributed by atoms with Gasteiger partial charge in [0.1, 0.15) is 18.1 Å². The Morgan fingerprint density at radius 3 is 1.82 bits per heavy atom. The van der Waals surface area contributed by atoms with Gasteiger partial charge < -0.3 is 31.9 Å². The molecule has 4 atom stereocenters. The molecule has 0 saturated heterocycles. The van der Waals surface area contributed by atoms with E-state index in [1.54, 1.807) is 27.7 Å². The molecule has 0 saturated carbocycles. The molecule has 0 bridgehead atoms. The summed E-state index contributed by atoms with van der Waals surface area (Å²) in [6, 6.07) is -3.68. The smallest absolute Gasteiger partial charge is 0.326 e. The fourth-order valence-corrected chi connectivity index (χ4v) is 2.35. The SMILES string of the molecule is CCC(C)C(NC(=O)C(CC(=O)O)NC(=O)CN)C(=O)NC(C(=O)O)C(C)C. The molecule has 4 unspecified atom stereocenters. The fourth-order valence-electron chi connectivity index (χ4n) is 2.35. The molecule has 3 amide bonds. The highest BCUT2D eigenvalue weighted by Gasteiger charge is 2.33. The van der Waals surface area contributed by atoms with Crippen LogP contribution >= 0.6 is 0 Å². The molecule has 11 nitrogen and oxygen atoms in total. The monoisotopic (exact) mass is 402 g/mol. The summed E-state index contributed by atoms with van der Waals surface area (Å²) < 4.78 is 0. The largest absolute Gasteiger partial charge is 0.481 e. The Labute approximate surface area is 163 Å². The highest BCUT2D eigenvalue weighted by Crippen LogP contribution is 2.11. The summed E-state index contributed by atoms with van der Waals surface area (Å²) in [7, 11) is 0. The van der Waals surface area contributed by atoms with Crippen molar-refractivity contribution >= 4 is 29.7 Å². The first-order chi connectivity index (χ1) is 12.9. The van der Waals surface area contributed by atoms with Gasteiger partial charge in [-0.25, -0.2) is 4.79 Å². The molecule has 0 heterocycles. The molecule has 11 heteroatoms. The van der Waals surface area contributed by atoms with Gasteiger partial charge in [0, 0.05) is 0 Å². The van der Waals surface area contributed by atoms with E-state index in [0.29, 0.717) is 6.42 Å². The van der Waals surface area contributed by atoms with E-state index in [-0.39, 0.29) is 5.92 Å². The Morgan fingerprint density at radius 1 is 0.893 bits per heavy atom. The van der Waals surface area contributed by atoms with Gasteiger partial charge in [0.05, 0.1) is 13.0 Å². The molecule has 0 spiro atoms. The van der Waals surface area contributed by atoms with Crippen molar-refractivity contribution < 1.29 is 34.2 Å². The lowest BCUT2D eigenvalue weighted by Crippen LogP contribution is -2.58. The minimum Gasteiger partial charge on any atom is -0.481 e. The van der Waals surface area contributed by atoms with Crippen molar-refractivity contribution in [2.45, 2.75) is 58.7 Å². The van der Waals surface area contributed by atoms with Gasteiger partial charge in [0.25, 0.3) is 0 Å². The molecule has 0 rings (SSSR count). The molecule has 0 fully saturated rings. The molecule has 28 heavy (non-hydrogen) atoms. The van der Waals surface area contributed by atoms with Crippen molar-refractivity contribution in [3.8, 4) is 0 Å². The Hall–Kier alpha value is -2.69. The highest BCUT2D eigenvalue weighted by atomic mass is 16.4. The highest BCUT2D eigenvalue weighted by molar-refractivity contribution is 5.95. The topological polar surface area (TPSA) is 188 Å². The Balaban J connectivity index is 5.45. The molecular weight excluding hydrogens is 372 g/mol. The lowest BCUT2D eigenvalue weighted by atomic mass is 9.96. The second-order valence-electron chi connectivity index (χ2n) is 6.86. The first kappa shape index (κ1) is 25.3. The molecule has 0 aliphatic heterocycles. The number of aliphatic carboxylic acids is 2. The Kier molecular flexibility index (Phi) is 10.8. The van der Waals surface area contributed by atoms with Crippen LogP contribution in [0.1, 0.15) is 40.5 Å². The van der Waals surface area contributed by atoms with Gasteiger partial charge in [-0.15, -0.1) is 0 Å². The van der Waals surface area contributed by atoms with E-state index in [9.17, 15) is 29.1 Å². The van der Waals surface area contributed by atoms with Crippen LogP contribution in [0.5, 0.6) is 0 Å². The molecule has 0 radical (unpaired) electrons. The van der Waals surface area contributed by atoms with E-state index in [1.807, 2.05) is 0 Å². The maximum atomic E-state index is 12.6. The van der Waals surface area contributed by atoms with Gasteiger partial charge in [-0.2, -0.15) is 0 Å². The van der Waals surface area contributed by atoms with Gasteiger partial charge >= 0.3 is 11.9 Å². The summed E-state index contributed by atoms with van der Waals surface area (Å²) in [5.74, 6) is -5.61. The first-order valence-corrected chi connectivity index (χ1v) is 8.99. The van der Waals surface area contributed by atoms with E-state index < -0.39 is 66.7 Å². The summed E-state index contributed by atoms with van der Waals surface area (Å²) >= 11 is 0. The van der Waals surface area contributed by atoms with Crippen molar-refractivity contribution in [1.82, 2.24) is 16.0 Å². The van der Waals surface area contributed by atoms with Crippen LogP contribution in [-0.2, 0) is 24.0 Å². The fraction of sp³-hybridized carbons (Fsp3) is 0.706. The van der Waals surface area contributed by atoms with Gasteiger partial charge in [-0.3, -0.25) is 19.2 Å². The molecule has 160 valence electrons. The average molecular weight is 402 g/mol. The van der Waals surface area contributed by atoms with Crippen molar-refractivity contribution in [2.24, 2.45) is 17.6 Å². The van der Waals surface area contributed by atoms with Crippen LogP contribution in [0.25, 0.3) is 0 Å². The van der Waals surface area contributed by atoms with Crippen LogP contribution in [-0.4, -0.2) is 64.5 Å². The summed E-state index contributed by atoms with van der Waals surface area (Å²) in [5.41, 5.74) is 5.17. The normalized spacial score (nSPS) is 15.1. The second-order valence-corrected chi connectivity index (χ2v) is 6.86. The quantitative estimate of drug-likeness (QED) is 0.231. The minimum atomic E-state index is -1.42. The van der Waals surface area contributed by atoms with Crippen LogP contribution in [0.3, 0.4) is 0 Å². The number of carboxylic acid groups (broad SMARTS) is 2. The molecule has 0 aromatic rings. The van der Waals surface area contributed by atoms with E-state index in [4.69, 9.17) is 10.8 Å². The van der Waals surface area contributed by atoms with Crippen LogP contribution in [0, 0.1) is 11.8 Å². The number of hydrogen-bond donors (Lipinski definition) is 6. The van der Waals surface area contributed by atoms with Crippen LogP contribution in [0.2, 0.25) is 0 Å². The van der Waals surface area contributed by atoms with E-state index in [1.165, 1.54) is 0 Å². The summed E-state index contributed by atoms with van der Waals surface area (Å²) in [6.07, 6.45) is -0.216. The lowest BCUT2D eigenvalue weighted by Gasteiger charge is -2.28. The molecule has 0 aliphatic rings. The molecule has 0 aromatic carbocycles. The van der Waals surface area contributed by atoms with Crippen LogP contribution in [0.15, 0.2) is 0 Å². The molecule has 0 aromatic heterocycles. The number of carbonyl (C=O) groups is 5. The Bertz CT molecular complexity index is 594. The van der Waals surface area contributed by atoms with Gasteiger partial charge in [0.2, 0.25) is 17.7 Å². The van der Waals surface area contributed by atoms with Crippen molar-refractivity contribution in [3.63, 3.8) is 0 Å². The third-order valence-corrected chi connectivity index (χ3v) is 4.24. The van der Waals surface area contributed by atoms with Crippen molar-refractivity contribution in [3.05, 3.63) is 0 Å². The van der Waals surface area contributed by atoms with Crippen molar-refractivity contribution in [2.75, 3.05) is 6.54 Å². The van der Waals surface area contributed by atoms with Gasteiger partial charge in [0.15, 0.2) is 0 Å². The third-order valence-electron chi connectivity index (χ3n) is 4.24. The number of carbonyl (C=O) groups excluding carboxylic acids is 3. The zero-order valence-corrected chi connectivity index (χ0v) is 16.5. The second kappa shape index (κ2) is 11.9. The standard InChI is InChI=1S/C17H30N4O7/c1-5-9(4)14(16(26)20-13(8(2)3)17(27)28)21-15(25)10(6-12(23)24)19-11(22)7-18/h8-10,13-14H,5-7,18H2,1-4H3,(H,19,22)(H,20,26)(H,21,25)(H,23,24)(H,27,28). The Morgan fingerprint density at radius 2 is 1.43 bits per heavy atom. The summed E-state index contributed by atoms with van der Waals surface area (Å²) in [5, 5.41) is 25.2. The van der Waals surface area contributed by atoms with E-state index in [0.717, 1.165) is 0 Å². The number of nitrogens with one attached hydrogen (secondary N) is 3. The molecule has 0 aliphatic carbocycles. The van der Waals surface area contributed by atoms with E-state index >= 15 is 0 Å². The van der Waals surface area contributed by atoms with Gasteiger partial charge in [-0.05, 0) is 11.8 Å². The summed E-state index contributed by atoms with van der Waals surface area (Å²) in [6.45, 7) is 6.27. The number of rotatable bonds is 12. The first-order valence-electron chi connectivity index (χ1n) is 8.99. The number of amides is 3. The van der Waals surface area contributed by atoms with Crippen LogP contribution in [0.4, 0.5) is 0 Å². The number of nitrogens with two attached hydrogens (primary N) is 1. The molecular formula is C17H30N4O7. The van der Waals surface area contributed by atoms with E-state index in [2.05, 4.69) is 16.0 Å². The number of hydrogen-bond acceptors (Lipinski definition) is 6. The van der Waals surface area contributed by atoms with Gasteiger partial charge in [-0.1, -0.05) is 34.1 Å². The summed E-state index contributed by atoms with van der Waals surface area (Å²) in [4.78, 5) is 58.9. The maximum Gasteiger partial charge on any atom is 0.326 e.